The summed E-state index contributed by atoms with van der Waals surface area (Å²) in [6.07, 6.45) is 0. The molecular weight excluding hydrogens is 331 g/mol. The molecule has 1 aliphatic rings. The largest absolute Gasteiger partial charge is 0.478 e. The van der Waals surface area contributed by atoms with Crippen molar-refractivity contribution in [3.05, 3.63) is 26.8 Å². The quantitative estimate of drug-likeness (QED) is 0.801. The third-order valence-corrected chi connectivity index (χ3v) is 4.14. The molecule has 1 saturated heterocycles. The lowest BCUT2D eigenvalue weighted by Crippen LogP contribution is -2.43. The highest BCUT2D eigenvalue weighted by atomic mass is 127. The van der Waals surface area contributed by atoms with Crippen molar-refractivity contribution in [2.75, 3.05) is 31.1 Å². The van der Waals surface area contributed by atoms with Crippen molar-refractivity contribution in [2.24, 2.45) is 0 Å². The molecule has 0 aromatic heterocycles. The number of halogens is 1. The Bertz CT molecular complexity index is 442. The van der Waals surface area contributed by atoms with Crippen LogP contribution in [0, 0.1) is 10.5 Å². The molecule has 1 aromatic carbocycles. The number of piperazine rings is 1. The van der Waals surface area contributed by atoms with Gasteiger partial charge in [0.2, 0.25) is 0 Å². The molecule has 92 valence electrons. The molecule has 0 radical (unpaired) electrons. The Balaban J connectivity index is 2.40. The second-order valence-corrected chi connectivity index (χ2v) is 5.31. The van der Waals surface area contributed by atoms with E-state index in [9.17, 15) is 4.79 Å². The van der Waals surface area contributed by atoms with Gasteiger partial charge in [-0.05, 0) is 47.2 Å². The van der Waals surface area contributed by atoms with Gasteiger partial charge in [-0.2, -0.15) is 0 Å². The van der Waals surface area contributed by atoms with E-state index >= 15 is 0 Å². The fraction of sp³-hybridized carbons (Fsp3) is 0.417. The number of hydrogen-bond acceptors (Lipinski definition) is 3. The second-order valence-electron chi connectivity index (χ2n) is 4.14. The van der Waals surface area contributed by atoms with Crippen LogP contribution in [0.15, 0.2) is 12.1 Å². The number of nitrogens with zero attached hydrogens (tertiary/aromatic N) is 1. The first-order valence-corrected chi connectivity index (χ1v) is 6.66. The fourth-order valence-corrected chi connectivity index (χ4v) is 2.63. The molecule has 0 saturated carbocycles. The highest BCUT2D eigenvalue weighted by Crippen LogP contribution is 2.27. The van der Waals surface area contributed by atoms with Gasteiger partial charge in [0, 0.05) is 35.4 Å². The molecule has 2 rings (SSSR count). The summed E-state index contributed by atoms with van der Waals surface area (Å²) in [6, 6.07) is 3.51. The SMILES string of the molecule is Cc1c(I)cc(C(=O)O)cc1N1CCNCC1. The lowest BCUT2D eigenvalue weighted by atomic mass is 10.1. The monoisotopic (exact) mass is 346 g/mol. The van der Waals surface area contributed by atoms with Crippen LogP contribution in [0.4, 0.5) is 5.69 Å². The molecule has 17 heavy (non-hydrogen) atoms. The highest BCUT2D eigenvalue weighted by Gasteiger charge is 2.16. The molecule has 0 atom stereocenters. The molecule has 0 aliphatic carbocycles. The van der Waals surface area contributed by atoms with E-state index in [0.717, 1.165) is 41.0 Å². The Morgan fingerprint density at radius 1 is 1.41 bits per heavy atom. The van der Waals surface area contributed by atoms with Gasteiger partial charge in [0.1, 0.15) is 0 Å². The molecule has 1 aromatic rings. The summed E-state index contributed by atoms with van der Waals surface area (Å²) in [4.78, 5) is 13.3. The van der Waals surface area contributed by atoms with E-state index < -0.39 is 5.97 Å². The zero-order valence-electron chi connectivity index (χ0n) is 9.66. The van der Waals surface area contributed by atoms with E-state index in [2.05, 4.69) is 32.8 Å². The summed E-state index contributed by atoms with van der Waals surface area (Å²) in [7, 11) is 0. The smallest absolute Gasteiger partial charge is 0.335 e. The van der Waals surface area contributed by atoms with Crippen molar-refractivity contribution in [3.8, 4) is 0 Å². The maximum absolute atomic E-state index is 11.1. The zero-order valence-corrected chi connectivity index (χ0v) is 11.8. The number of carboxylic acids is 1. The molecule has 0 amide bonds. The van der Waals surface area contributed by atoms with E-state index in [-0.39, 0.29) is 0 Å². The van der Waals surface area contributed by atoms with Crippen molar-refractivity contribution in [1.29, 1.82) is 0 Å². The average Bonchev–Trinajstić information content (AvgIpc) is 2.33. The van der Waals surface area contributed by atoms with Crippen LogP contribution < -0.4 is 10.2 Å². The molecule has 5 heteroatoms. The van der Waals surface area contributed by atoms with Gasteiger partial charge in [-0.1, -0.05) is 0 Å². The van der Waals surface area contributed by atoms with E-state index in [4.69, 9.17) is 5.11 Å². The van der Waals surface area contributed by atoms with Crippen molar-refractivity contribution in [2.45, 2.75) is 6.92 Å². The number of aromatic carboxylic acids is 1. The van der Waals surface area contributed by atoms with E-state index in [1.54, 1.807) is 12.1 Å². The van der Waals surface area contributed by atoms with Gasteiger partial charge >= 0.3 is 5.97 Å². The molecule has 1 aliphatic heterocycles. The lowest BCUT2D eigenvalue weighted by Gasteiger charge is -2.31. The van der Waals surface area contributed by atoms with Gasteiger partial charge in [0.05, 0.1) is 5.56 Å². The minimum absolute atomic E-state index is 0.369. The molecule has 0 unspecified atom stereocenters. The normalized spacial score (nSPS) is 16.0. The predicted molar refractivity (Wildman–Crippen MR) is 75.9 cm³/mol. The number of nitrogens with one attached hydrogen (secondary N) is 1. The maximum Gasteiger partial charge on any atom is 0.335 e. The van der Waals surface area contributed by atoms with Crippen LogP contribution >= 0.6 is 22.6 Å². The van der Waals surface area contributed by atoms with Crippen molar-refractivity contribution >= 4 is 34.2 Å². The Labute approximate surface area is 114 Å². The number of carbonyl (C=O) groups is 1. The third kappa shape index (κ3) is 2.71. The van der Waals surface area contributed by atoms with E-state index in [0.29, 0.717) is 5.56 Å². The van der Waals surface area contributed by atoms with Crippen molar-refractivity contribution in [1.82, 2.24) is 5.32 Å². The molecule has 0 spiro atoms. The number of hydrogen-bond donors (Lipinski definition) is 2. The van der Waals surface area contributed by atoms with Gasteiger partial charge in [-0.15, -0.1) is 0 Å². The lowest BCUT2D eigenvalue weighted by molar-refractivity contribution is 0.0697. The molecule has 1 heterocycles. The molecule has 4 nitrogen and oxygen atoms in total. The predicted octanol–water partition coefficient (Wildman–Crippen LogP) is 1.71. The molecule has 2 N–H and O–H groups in total. The van der Waals surface area contributed by atoms with Gasteiger partial charge in [-0.25, -0.2) is 4.79 Å². The number of rotatable bonds is 2. The summed E-state index contributed by atoms with van der Waals surface area (Å²) >= 11 is 2.20. The summed E-state index contributed by atoms with van der Waals surface area (Å²) in [5.74, 6) is -0.862. The van der Waals surface area contributed by atoms with Crippen LogP contribution in [0.3, 0.4) is 0 Å². The second kappa shape index (κ2) is 5.22. The van der Waals surface area contributed by atoms with Crippen LogP contribution in [0.2, 0.25) is 0 Å². The molecule has 1 fully saturated rings. The maximum atomic E-state index is 11.1. The Hall–Kier alpha value is -0.820. The summed E-state index contributed by atoms with van der Waals surface area (Å²) < 4.78 is 1.01. The van der Waals surface area contributed by atoms with Gasteiger partial charge in [0.15, 0.2) is 0 Å². The highest BCUT2D eigenvalue weighted by molar-refractivity contribution is 14.1. The standard InChI is InChI=1S/C12H15IN2O2/c1-8-10(13)6-9(12(16)17)7-11(8)15-4-2-14-3-5-15/h6-7,14H,2-5H2,1H3,(H,16,17). The first-order chi connectivity index (χ1) is 8.09. The van der Waals surface area contributed by atoms with Crippen LogP contribution in [-0.4, -0.2) is 37.3 Å². The zero-order chi connectivity index (χ0) is 12.4. The average molecular weight is 346 g/mol. The van der Waals surface area contributed by atoms with Gasteiger partial charge in [0.25, 0.3) is 0 Å². The first kappa shape index (κ1) is 12.6. The summed E-state index contributed by atoms with van der Waals surface area (Å²) in [5.41, 5.74) is 2.59. The minimum Gasteiger partial charge on any atom is -0.478 e. The summed E-state index contributed by atoms with van der Waals surface area (Å²) in [5, 5.41) is 12.4. The fourth-order valence-electron chi connectivity index (χ4n) is 2.02. The summed E-state index contributed by atoms with van der Waals surface area (Å²) in [6.45, 7) is 5.81. The topological polar surface area (TPSA) is 52.6 Å². The Morgan fingerprint density at radius 2 is 2.06 bits per heavy atom. The number of benzene rings is 1. The molecule has 0 bridgehead atoms. The first-order valence-electron chi connectivity index (χ1n) is 5.58. The third-order valence-electron chi connectivity index (χ3n) is 3.02. The van der Waals surface area contributed by atoms with Crippen LogP contribution in [0.1, 0.15) is 15.9 Å². The molecular formula is C12H15IN2O2. The Morgan fingerprint density at radius 3 is 2.65 bits per heavy atom. The van der Waals surface area contributed by atoms with Crippen LogP contribution in [-0.2, 0) is 0 Å². The number of anilines is 1. The van der Waals surface area contributed by atoms with Crippen molar-refractivity contribution < 1.29 is 9.90 Å². The van der Waals surface area contributed by atoms with Gasteiger partial charge < -0.3 is 15.3 Å². The van der Waals surface area contributed by atoms with E-state index in [1.807, 2.05) is 6.92 Å². The van der Waals surface area contributed by atoms with Crippen LogP contribution in [0.25, 0.3) is 0 Å². The van der Waals surface area contributed by atoms with Crippen molar-refractivity contribution in [3.63, 3.8) is 0 Å². The van der Waals surface area contributed by atoms with Crippen LogP contribution in [0.5, 0.6) is 0 Å². The van der Waals surface area contributed by atoms with E-state index in [1.165, 1.54) is 0 Å². The number of carboxylic acid groups (broad SMARTS) is 1. The Kier molecular flexibility index (Phi) is 3.88. The minimum atomic E-state index is -0.862. The van der Waals surface area contributed by atoms with Gasteiger partial charge in [-0.3, -0.25) is 0 Å².